The predicted molar refractivity (Wildman–Crippen MR) is 93.0 cm³/mol. The number of ether oxygens (including phenoxy) is 1. The lowest BCUT2D eigenvalue weighted by Gasteiger charge is -2.13. The quantitative estimate of drug-likeness (QED) is 0.814. The van der Waals surface area contributed by atoms with Crippen LogP contribution in [-0.2, 0) is 6.61 Å². The van der Waals surface area contributed by atoms with E-state index in [1.807, 2.05) is 12.1 Å². The van der Waals surface area contributed by atoms with Crippen molar-refractivity contribution in [1.82, 2.24) is 5.32 Å². The minimum atomic E-state index is -0.145. The number of benzene rings is 2. The van der Waals surface area contributed by atoms with E-state index in [2.05, 4.69) is 11.4 Å². The van der Waals surface area contributed by atoms with E-state index in [9.17, 15) is 9.90 Å². The highest BCUT2D eigenvalue weighted by Gasteiger charge is 2.42. The van der Waals surface area contributed by atoms with Gasteiger partial charge in [-0.25, -0.2) is 0 Å². The van der Waals surface area contributed by atoms with Gasteiger partial charge in [-0.3, -0.25) is 4.79 Å². The van der Waals surface area contributed by atoms with E-state index in [-0.39, 0.29) is 17.9 Å². The molecule has 0 unspecified atom stereocenters. The second-order valence-corrected chi connectivity index (χ2v) is 6.47. The molecule has 1 fully saturated rings. The van der Waals surface area contributed by atoms with Crippen molar-refractivity contribution >= 4 is 5.91 Å². The molecule has 1 aliphatic rings. The lowest BCUT2D eigenvalue weighted by atomic mass is 10.1. The molecule has 1 amide bonds. The van der Waals surface area contributed by atoms with Crippen LogP contribution in [0.2, 0.25) is 0 Å². The van der Waals surface area contributed by atoms with Crippen LogP contribution in [0.15, 0.2) is 48.5 Å². The summed E-state index contributed by atoms with van der Waals surface area (Å²) in [5.41, 5.74) is 1.88. The van der Waals surface area contributed by atoms with Crippen LogP contribution in [0, 0.1) is 16.7 Å². The van der Waals surface area contributed by atoms with Gasteiger partial charge in [0.05, 0.1) is 18.2 Å². The summed E-state index contributed by atoms with van der Waals surface area (Å²) in [6, 6.07) is 16.3. The maximum Gasteiger partial charge on any atom is 0.251 e. The lowest BCUT2D eigenvalue weighted by Crippen LogP contribution is -2.31. The summed E-state index contributed by atoms with van der Waals surface area (Å²) < 4.78 is 5.70. The molecule has 5 nitrogen and oxygen atoms in total. The molecule has 2 aromatic carbocycles. The highest BCUT2D eigenvalue weighted by molar-refractivity contribution is 5.94. The third kappa shape index (κ3) is 4.37. The number of nitrogens with zero attached hydrogens (tertiary/aromatic N) is 1. The van der Waals surface area contributed by atoms with Gasteiger partial charge < -0.3 is 15.2 Å². The molecule has 0 heterocycles. The van der Waals surface area contributed by atoms with Crippen molar-refractivity contribution in [1.29, 1.82) is 5.26 Å². The van der Waals surface area contributed by atoms with Gasteiger partial charge in [0, 0.05) is 17.5 Å². The Labute approximate surface area is 146 Å². The smallest absolute Gasteiger partial charge is 0.251 e. The summed E-state index contributed by atoms with van der Waals surface area (Å²) in [5, 5.41) is 21.1. The SMILES string of the molecule is N#Cc1cccc(OCc2cccc(C(=O)NCC3(CO)CC3)c2)c1. The number of aliphatic hydroxyl groups excluding tert-OH is 1. The maximum absolute atomic E-state index is 12.3. The molecule has 1 aliphatic carbocycles. The Morgan fingerprint density at radius 2 is 2.04 bits per heavy atom. The minimum absolute atomic E-state index is 0.109. The van der Waals surface area contributed by atoms with Gasteiger partial charge in [-0.15, -0.1) is 0 Å². The summed E-state index contributed by atoms with van der Waals surface area (Å²) in [5.74, 6) is 0.473. The molecule has 128 valence electrons. The van der Waals surface area contributed by atoms with Crippen LogP contribution in [0.1, 0.15) is 34.3 Å². The second kappa shape index (κ2) is 7.37. The maximum atomic E-state index is 12.3. The van der Waals surface area contributed by atoms with E-state index >= 15 is 0 Å². The first-order valence-electron chi connectivity index (χ1n) is 8.25. The fourth-order valence-electron chi connectivity index (χ4n) is 2.56. The second-order valence-electron chi connectivity index (χ2n) is 6.47. The zero-order valence-electron chi connectivity index (χ0n) is 13.9. The van der Waals surface area contributed by atoms with Crippen molar-refractivity contribution in [3.8, 4) is 11.8 Å². The minimum Gasteiger partial charge on any atom is -0.489 e. The van der Waals surface area contributed by atoms with Crippen molar-refractivity contribution in [2.75, 3.05) is 13.2 Å². The van der Waals surface area contributed by atoms with Crippen LogP contribution in [0.5, 0.6) is 5.75 Å². The largest absolute Gasteiger partial charge is 0.489 e. The van der Waals surface area contributed by atoms with Gasteiger partial charge in [0.2, 0.25) is 0 Å². The summed E-state index contributed by atoms with van der Waals surface area (Å²) in [6.45, 7) is 0.934. The average Bonchev–Trinajstić information content (AvgIpc) is 3.45. The molecule has 0 atom stereocenters. The van der Waals surface area contributed by atoms with Gasteiger partial charge in [-0.1, -0.05) is 18.2 Å². The van der Waals surface area contributed by atoms with Gasteiger partial charge in [0.1, 0.15) is 12.4 Å². The van der Waals surface area contributed by atoms with Gasteiger partial charge in [0.15, 0.2) is 0 Å². The first-order chi connectivity index (χ1) is 12.1. The van der Waals surface area contributed by atoms with Gasteiger partial charge in [0.25, 0.3) is 5.91 Å². The highest BCUT2D eigenvalue weighted by Crippen LogP contribution is 2.44. The zero-order valence-corrected chi connectivity index (χ0v) is 13.9. The average molecular weight is 336 g/mol. The van der Waals surface area contributed by atoms with Crippen LogP contribution in [0.3, 0.4) is 0 Å². The number of amides is 1. The van der Waals surface area contributed by atoms with E-state index < -0.39 is 0 Å². The van der Waals surface area contributed by atoms with E-state index in [0.29, 0.717) is 30.0 Å². The number of carbonyl (C=O) groups is 1. The third-order valence-corrected chi connectivity index (χ3v) is 4.47. The molecule has 3 rings (SSSR count). The van der Waals surface area contributed by atoms with Crippen molar-refractivity contribution < 1.29 is 14.6 Å². The number of nitriles is 1. The monoisotopic (exact) mass is 336 g/mol. The van der Waals surface area contributed by atoms with Crippen LogP contribution in [-0.4, -0.2) is 24.2 Å². The van der Waals surface area contributed by atoms with Crippen molar-refractivity contribution in [3.05, 3.63) is 65.2 Å². The lowest BCUT2D eigenvalue weighted by molar-refractivity contribution is 0.0935. The summed E-state index contributed by atoms with van der Waals surface area (Å²) in [7, 11) is 0. The Kier molecular flexibility index (Phi) is 5.01. The van der Waals surface area contributed by atoms with E-state index in [4.69, 9.17) is 10.00 Å². The topological polar surface area (TPSA) is 82.3 Å². The van der Waals surface area contributed by atoms with E-state index in [0.717, 1.165) is 18.4 Å². The molecule has 0 radical (unpaired) electrons. The van der Waals surface area contributed by atoms with Crippen LogP contribution >= 0.6 is 0 Å². The Morgan fingerprint density at radius 3 is 2.76 bits per heavy atom. The first-order valence-corrected chi connectivity index (χ1v) is 8.25. The van der Waals surface area contributed by atoms with Crippen LogP contribution < -0.4 is 10.1 Å². The molecule has 0 aromatic heterocycles. The van der Waals surface area contributed by atoms with Gasteiger partial charge in [-0.2, -0.15) is 5.26 Å². The number of hydrogen-bond donors (Lipinski definition) is 2. The molecule has 0 spiro atoms. The predicted octanol–water partition coefficient (Wildman–Crippen LogP) is 2.64. The standard InChI is InChI=1S/C20H20N2O3/c21-11-15-3-2-6-18(10-15)25-12-16-4-1-5-17(9-16)19(24)22-13-20(14-23)7-8-20/h1-6,9-10,23H,7-8,12-14H2,(H,22,24). The Balaban J connectivity index is 1.59. The molecule has 0 bridgehead atoms. The molecule has 1 saturated carbocycles. The number of hydrogen-bond acceptors (Lipinski definition) is 4. The van der Waals surface area contributed by atoms with E-state index in [1.165, 1.54) is 0 Å². The summed E-state index contributed by atoms with van der Waals surface area (Å²) >= 11 is 0. The molecular weight excluding hydrogens is 316 g/mol. The third-order valence-electron chi connectivity index (χ3n) is 4.47. The molecule has 5 heteroatoms. The van der Waals surface area contributed by atoms with E-state index in [1.54, 1.807) is 36.4 Å². The number of aliphatic hydroxyl groups is 1. The first kappa shape index (κ1) is 17.0. The van der Waals surface area contributed by atoms with Gasteiger partial charge in [-0.05, 0) is 48.7 Å². The fourth-order valence-corrected chi connectivity index (χ4v) is 2.56. The van der Waals surface area contributed by atoms with Crippen LogP contribution in [0.25, 0.3) is 0 Å². The summed E-state index contributed by atoms with van der Waals surface area (Å²) in [4.78, 5) is 12.3. The number of rotatable bonds is 7. The Bertz CT molecular complexity index is 807. The zero-order chi connectivity index (χ0) is 17.7. The Hall–Kier alpha value is -2.84. The fraction of sp³-hybridized carbons (Fsp3) is 0.300. The summed E-state index contributed by atoms with van der Waals surface area (Å²) in [6.07, 6.45) is 1.92. The van der Waals surface area contributed by atoms with Gasteiger partial charge >= 0.3 is 0 Å². The van der Waals surface area contributed by atoms with Crippen LogP contribution in [0.4, 0.5) is 0 Å². The number of carbonyl (C=O) groups excluding carboxylic acids is 1. The highest BCUT2D eigenvalue weighted by atomic mass is 16.5. The Morgan fingerprint density at radius 1 is 1.24 bits per heavy atom. The number of nitrogens with one attached hydrogen (secondary N) is 1. The normalized spacial score (nSPS) is 14.4. The molecule has 25 heavy (non-hydrogen) atoms. The van der Waals surface area contributed by atoms with Crippen molar-refractivity contribution in [2.24, 2.45) is 5.41 Å². The molecule has 2 aromatic rings. The van der Waals surface area contributed by atoms with Crippen molar-refractivity contribution in [3.63, 3.8) is 0 Å². The molecule has 2 N–H and O–H groups in total. The molecular formula is C20H20N2O3. The molecule has 0 aliphatic heterocycles. The van der Waals surface area contributed by atoms with Crippen molar-refractivity contribution in [2.45, 2.75) is 19.4 Å². The molecule has 0 saturated heterocycles.